The third kappa shape index (κ3) is 4.28. The third-order valence-electron chi connectivity index (χ3n) is 4.18. The van der Waals surface area contributed by atoms with Crippen LogP contribution in [0.25, 0.3) is 11.3 Å². The summed E-state index contributed by atoms with van der Waals surface area (Å²) in [6.07, 6.45) is 1.65. The van der Waals surface area contributed by atoms with Crippen molar-refractivity contribution in [3.63, 3.8) is 0 Å². The summed E-state index contributed by atoms with van der Waals surface area (Å²) in [5.41, 5.74) is 5.19. The van der Waals surface area contributed by atoms with Gasteiger partial charge >= 0.3 is 0 Å². The Bertz CT molecular complexity index is 1060. The molecule has 5 nitrogen and oxygen atoms in total. The van der Waals surface area contributed by atoms with Gasteiger partial charge in [0, 0.05) is 17.0 Å². The Hall–Kier alpha value is -2.86. The first kappa shape index (κ1) is 18.9. The summed E-state index contributed by atoms with van der Waals surface area (Å²) in [5, 5.41) is 25.8. The lowest BCUT2D eigenvalue weighted by atomic mass is 10.1. The van der Waals surface area contributed by atoms with Crippen LogP contribution in [-0.4, -0.2) is 27.1 Å². The van der Waals surface area contributed by atoms with Gasteiger partial charge in [-0.2, -0.15) is 5.10 Å². The minimum absolute atomic E-state index is 0.149. The van der Waals surface area contributed by atoms with Crippen molar-refractivity contribution in [2.75, 3.05) is 0 Å². The molecule has 0 radical (unpaired) electrons. The monoisotopic (exact) mass is 381 g/mol. The molecule has 0 saturated heterocycles. The van der Waals surface area contributed by atoms with Gasteiger partial charge in [-0.1, -0.05) is 12.1 Å². The molecule has 0 aliphatic heterocycles. The number of aromatic nitrogens is 1. The van der Waals surface area contributed by atoms with Crippen molar-refractivity contribution < 1.29 is 10.2 Å². The molecule has 0 saturated carbocycles. The van der Waals surface area contributed by atoms with Crippen LogP contribution in [-0.2, 0) is 0 Å². The first-order chi connectivity index (χ1) is 12.8. The van der Waals surface area contributed by atoms with Gasteiger partial charge in [0.05, 0.1) is 11.9 Å². The Labute approximate surface area is 162 Å². The highest BCUT2D eigenvalue weighted by Gasteiger charge is 2.09. The molecule has 27 heavy (non-hydrogen) atoms. The predicted octanol–water partition coefficient (Wildman–Crippen LogP) is 4.44. The molecule has 0 unspecified atom stereocenters. The van der Waals surface area contributed by atoms with Gasteiger partial charge in [-0.05, 0) is 68.7 Å². The summed E-state index contributed by atoms with van der Waals surface area (Å²) in [6.45, 7) is 8.25. The zero-order chi connectivity index (χ0) is 19.6. The SMILES string of the molecule is Cc1ccc(-c2csc(=NC(C)C)n2N=Cc2ccc(O)c(O)c2)cc1C. The number of rotatable bonds is 4. The van der Waals surface area contributed by atoms with E-state index in [1.165, 1.54) is 23.3 Å². The highest BCUT2D eigenvalue weighted by Crippen LogP contribution is 2.25. The van der Waals surface area contributed by atoms with Crippen LogP contribution < -0.4 is 4.80 Å². The molecule has 140 valence electrons. The minimum atomic E-state index is -0.171. The lowest BCUT2D eigenvalue weighted by Gasteiger charge is -2.07. The molecular weight excluding hydrogens is 358 g/mol. The largest absolute Gasteiger partial charge is 0.504 e. The van der Waals surface area contributed by atoms with E-state index in [0.29, 0.717) is 5.56 Å². The van der Waals surface area contributed by atoms with Gasteiger partial charge < -0.3 is 10.2 Å². The number of phenols is 2. The first-order valence-electron chi connectivity index (χ1n) is 8.73. The second kappa shape index (κ2) is 7.80. The standard InChI is InChI=1S/C21H23N3O2S/c1-13(2)23-21-24(22-11-16-6-8-19(25)20(26)10-16)18(12-27-21)17-7-5-14(3)15(4)9-17/h5-13,25-26H,1-4H3. The average Bonchev–Trinajstić information content (AvgIpc) is 3.00. The van der Waals surface area contributed by atoms with Crippen LogP contribution in [0.15, 0.2) is 51.9 Å². The van der Waals surface area contributed by atoms with Gasteiger partial charge in [-0.15, -0.1) is 11.3 Å². The normalized spacial score (nSPS) is 12.4. The van der Waals surface area contributed by atoms with Crippen molar-refractivity contribution in [1.29, 1.82) is 0 Å². The fraction of sp³-hybridized carbons (Fsp3) is 0.238. The van der Waals surface area contributed by atoms with Crippen molar-refractivity contribution in [2.45, 2.75) is 33.7 Å². The fourth-order valence-electron chi connectivity index (χ4n) is 2.57. The van der Waals surface area contributed by atoms with E-state index in [2.05, 4.69) is 47.5 Å². The summed E-state index contributed by atoms with van der Waals surface area (Å²) in [5.74, 6) is -0.322. The Morgan fingerprint density at radius 2 is 1.78 bits per heavy atom. The highest BCUT2D eigenvalue weighted by molar-refractivity contribution is 7.07. The number of nitrogens with zero attached hydrogens (tertiary/aromatic N) is 3. The van der Waals surface area contributed by atoms with Crippen LogP contribution in [0.1, 0.15) is 30.5 Å². The Morgan fingerprint density at radius 3 is 2.44 bits per heavy atom. The van der Waals surface area contributed by atoms with Crippen molar-refractivity contribution in [3.05, 3.63) is 63.3 Å². The number of hydrogen-bond acceptors (Lipinski definition) is 5. The average molecular weight is 382 g/mol. The maximum atomic E-state index is 9.69. The van der Waals surface area contributed by atoms with Crippen molar-refractivity contribution in [1.82, 2.24) is 4.68 Å². The molecule has 0 spiro atoms. The van der Waals surface area contributed by atoms with Crippen LogP contribution in [0.4, 0.5) is 0 Å². The number of thiazole rings is 1. The molecule has 3 rings (SSSR count). The Kier molecular flexibility index (Phi) is 5.46. The second-order valence-corrected chi connectivity index (χ2v) is 7.57. The minimum Gasteiger partial charge on any atom is -0.504 e. The zero-order valence-electron chi connectivity index (χ0n) is 15.8. The van der Waals surface area contributed by atoms with Crippen molar-refractivity contribution >= 4 is 17.6 Å². The molecule has 0 fully saturated rings. The number of hydrogen-bond donors (Lipinski definition) is 2. The van der Waals surface area contributed by atoms with E-state index in [-0.39, 0.29) is 17.5 Å². The number of phenolic OH excluding ortho intramolecular Hbond substituents is 2. The van der Waals surface area contributed by atoms with Crippen LogP contribution >= 0.6 is 11.3 Å². The smallest absolute Gasteiger partial charge is 0.206 e. The molecule has 6 heteroatoms. The van der Waals surface area contributed by atoms with E-state index < -0.39 is 0 Å². The number of aromatic hydroxyl groups is 2. The van der Waals surface area contributed by atoms with Crippen LogP contribution in [0.3, 0.4) is 0 Å². The molecule has 0 aliphatic rings. The lowest BCUT2D eigenvalue weighted by molar-refractivity contribution is 0.403. The van der Waals surface area contributed by atoms with Gasteiger partial charge in [0.25, 0.3) is 0 Å². The van der Waals surface area contributed by atoms with Crippen LogP contribution in [0, 0.1) is 13.8 Å². The van der Waals surface area contributed by atoms with Crippen LogP contribution in [0.2, 0.25) is 0 Å². The van der Waals surface area contributed by atoms with E-state index in [0.717, 1.165) is 16.1 Å². The Balaban J connectivity index is 2.10. The maximum Gasteiger partial charge on any atom is 0.206 e. The van der Waals surface area contributed by atoms with E-state index in [9.17, 15) is 10.2 Å². The van der Waals surface area contributed by atoms with Crippen molar-refractivity contribution in [2.24, 2.45) is 10.1 Å². The van der Waals surface area contributed by atoms with Gasteiger partial charge in [0.15, 0.2) is 11.5 Å². The van der Waals surface area contributed by atoms with E-state index >= 15 is 0 Å². The summed E-state index contributed by atoms with van der Waals surface area (Å²) in [4.78, 5) is 5.47. The predicted molar refractivity (Wildman–Crippen MR) is 111 cm³/mol. The van der Waals surface area contributed by atoms with Gasteiger partial charge in [-0.25, -0.2) is 4.68 Å². The molecule has 0 amide bonds. The molecule has 0 bridgehead atoms. The van der Waals surface area contributed by atoms with Gasteiger partial charge in [0.1, 0.15) is 0 Å². The molecular formula is C21H23N3O2S. The van der Waals surface area contributed by atoms with E-state index in [4.69, 9.17) is 0 Å². The topological polar surface area (TPSA) is 70.1 Å². The third-order valence-corrected chi connectivity index (χ3v) is 5.01. The van der Waals surface area contributed by atoms with E-state index in [1.54, 1.807) is 23.6 Å². The lowest BCUT2D eigenvalue weighted by Crippen LogP contribution is -2.14. The zero-order valence-corrected chi connectivity index (χ0v) is 16.7. The number of benzene rings is 2. The molecule has 1 aromatic heterocycles. The van der Waals surface area contributed by atoms with Crippen LogP contribution in [0.5, 0.6) is 11.5 Å². The fourth-order valence-corrected chi connectivity index (χ4v) is 3.54. The molecule has 0 atom stereocenters. The van der Waals surface area contributed by atoms with Gasteiger partial charge in [-0.3, -0.25) is 4.99 Å². The highest BCUT2D eigenvalue weighted by atomic mass is 32.1. The molecule has 2 N–H and O–H groups in total. The van der Waals surface area contributed by atoms with E-state index in [1.807, 2.05) is 18.5 Å². The summed E-state index contributed by atoms with van der Waals surface area (Å²) in [6, 6.07) is 11.1. The summed E-state index contributed by atoms with van der Waals surface area (Å²) < 4.78 is 1.82. The second-order valence-electron chi connectivity index (χ2n) is 6.73. The quantitative estimate of drug-likeness (QED) is 0.518. The molecule has 1 heterocycles. The van der Waals surface area contributed by atoms with Gasteiger partial charge in [0.2, 0.25) is 4.80 Å². The first-order valence-corrected chi connectivity index (χ1v) is 9.61. The molecule has 0 aliphatic carbocycles. The number of aryl methyl sites for hydroxylation is 2. The summed E-state index contributed by atoms with van der Waals surface area (Å²) in [7, 11) is 0. The Morgan fingerprint density at radius 1 is 1.00 bits per heavy atom. The van der Waals surface area contributed by atoms with Crippen molar-refractivity contribution in [3.8, 4) is 22.8 Å². The summed E-state index contributed by atoms with van der Waals surface area (Å²) >= 11 is 1.54. The molecule has 3 aromatic rings. The molecule has 2 aromatic carbocycles. The maximum absolute atomic E-state index is 9.69.